The van der Waals surface area contributed by atoms with Crippen molar-refractivity contribution < 1.29 is 21.6 Å². The van der Waals surface area contributed by atoms with Crippen molar-refractivity contribution in [1.29, 1.82) is 0 Å². The lowest BCUT2D eigenvalue weighted by molar-refractivity contribution is -0.141. The van der Waals surface area contributed by atoms with Crippen LogP contribution < -0.4 is 0 Å². The maximum atomic E-state index is 13.1. The van der Waals surface area contributed by atoms with E-state index in [-0.39, 0.29) is 17.1 Å². The molecule has 0 spiro atoms. The zero-order chi connectivity index (χ0) is 19.8. The molecule has 9 heteroatoms. The summed E-state index contributed by atoms with van der Waals surface area (Å²) in [6.07, 6.45) is -3.53. The van der Waals surface area contributed by atoms with E-state index >= 15 is 0 Å². The van der Waals surface area contributed by atoms with Crippen LogP contribution in [0.15, 0.2) is 59.5 Å². The van der Waals surface area contributed by atoms with Crippen molar-refractivity contribution in [2.75, 3.05) is 6.26 Å². The molecule has 0 aliphatic carbocycles. The van der Waals surface area contributed by atoms with Crippen LogP contribution in [0.5, 0.6) is 0 Å². The second kappa shape index (κ2) is 7.01. The predicted molar refractivity (Wildman–Crippen MR) is 96.3 cm³/mol. The third-order valence-electron chi connectivity index (χ3n) is 3.89. The molecule has 0 aliphatic heterocycles. The molecule has 4 nitrogen and oxygen atoms in total. The van der Waals surface area contributed by atoms with E-state index < -0.39 is 21.7 Å². The molecule has 0 radical (unpaired) electrons. The van der Waals surface area contributed by atoms with Crippen LogP contribution >= 0.6 is 11.6 Å². The second-order valence-electron chi connectivity index (χ2n) is 5.99. The Bertz CT molecular complexity index is 1060. The Hall–Kier alpha value is -2.32. The molecule has 0 unspecified atom stereocenters. The molecule has 0 atom stereocenters. The summed E-state index contributed by atoms with van der Waals surface area (Å²) in [7, 11) is -3.40. The number of benzene rings is 2. The molecule has 1 aromatic heterocycles. The average Bonchev–Trinajstić information content (AvgIpc) is 3.00. The van der Waals surface area contributed by atoms with Gasteiger partial charge in [-0.25, -0.2) is 8.42 Å². The second-order valence-corrected chi connectivity index (χ2v) is 8.45. The number of sulfone groups is 1. The van der Waals surface area contributed by atoms with Gasteiger partial charge in [0.1, 0.15) is 0 Å². The molecule has 1 heterocycles. The fourth-order valence-electron chi connectivity index (χ4n) is 2.54. The Kier molecular flexibility index (Phi) is 5.05. The van der Waals surface area contributed by atoms with Gasteiger partial charge in [-0.1, -0.05) is 35.9 Å². The van der Waals surface area contributed by atoms with Crippen molar-refractivity contribution in [3.63, 3.8) is 0 Å². The number of halogens is 4. The van der Waals surface area contributed by atoms with Crippen molar-refractivity contribution >= 4 is 21.4 Å². The summed E-state index contributed by atoms with van der Waals surface area (Å²) in [6.45, 7) is 0.108. The van der Waals surface area contributed by atoms with Gasteiger partial charge in [0.05, 0.1) is 17.1 Å². The number of nitrogens with zero attached hydrogens (tertiary/aromatic N) is 2. The maximum absolute atomic E-state index is 13.1. The molecule has 0 saturated carbocycles. The van der Waals surface area contributed by atoms with Crippen molar-refractivity contribution in [1.82, 2.24) is 9.78 Å². The Morgan fingerprint density at radius 1 is 1.04 bits per heavy atom. The maximum Gasteiger partial charge on any atom is 0.435 e. The van der Waals surface area contributed by atoms with Gasteiger partial charge in [0.2, 0.25) is 0 Å². The molecular weight excluding hydrogens is 401 g/mol. The van der Waals surface area contributed by atoms with Crippen molar-refractivity contribution in [2.45, 2.75) is 17.6 Å². The van der Waals surface area contributed by atoms with Crippen molar-refractivity contribution in [2.24, 2.45) is 0 Å². The van der Waals surface area contributed by atoms with E-state index in [4.69, 9.17) is 11.6 Å². The number of hydrogen-bond donors (Lipinski definition) is 0. The van der Waals surface area contributed by atoms with Crippen LogP contribution in [0.4, 0.5) is 13.2 Å². The highest BCUT2D eigenvalue weighted by Crippen LogP contribution is 2.32. The summed E-state index contributed by atoms with van der Waals surface area (Å²) in [4.78, 5) is 0.0889. The van der Waals surface area contributed by atoms with E-state index in [9.17, 15) is 21.6 Å². The molecule has 0 bridgehead atoms. The summed E-state index contributed by atoms with van der Waals surface area (Å²) < 4.78 is 63.8. The van der Waals surface area contributed by atoms with E-state index in [0.717, 1.165) is 17.9 Å². The zero-order valence-corrected chi connectivity index (χ0v) is 15.6. The Morgan fingerprint density at radius 2 is 1.63 bits per heavy atom. The summed E-state index contributed by atoms with van der Waals surface area (Å²) in [6, 6.07) is 13.3. The first-order chi connectivity index (χ1) is 12.5. The van der Waals surface area contributed by atoms with E-state index in [1.807, 2.05) is 0 Å². The van der Waals surface area contributed by atoms with Crippen LogP contribution in [0.25, 0.3) is 11.3 Å². The Labute approximate surface area is 159 Å². The van der Waals surface area contributed by atoms with Gasteiger partial charge in [-0.2, -0.15) is 18.3 Å². The van der Waals surface area contributed by atoms with Gasteiger partial charge in [-0.05, 0) is 41.5 Å². The molecule has 0 saturated heterocycles. The Morgan fingerprint density at radius 3 is 2.15 bits per heavy atom. The van der Waals surface area contributed by atoms with Crippen molar-refractivity contribution in [3.05, 3.63) is 70.9 Å². The van der Waals surface area contributed by atoms with Crippen molar-refractivity contribution in [3.8, 4) is 11.3 Å². The zero-order valence-electron chi connectivity index (χ0n) is 14.0. The first-order valence-electron chi connectivity index (χ1n) is 7.74. The van der Waals surface area contributed by atoms with Gasteiger partial charge in [0, 0.05) is 11.3 Å². The summed E-state index contributed by atoms with van der Waals surface area (Å²) in [5.41, 5.74) is 0.376. The molecule has 0 N–H and O–H groups in total. The highest BCUT2D eigenvalue weighted by atomic mass is 35.5. The summed E-state index contributed by atoms with van der Waals surface area (Å²) >= 11 is 5.84. The number of alkyl halides is 3. The quantitative estimate of drug-likeness (QED) is 0.623. The number of rotatable bonds is 4. The van der Waals surface area contributed by atoms with Crippen LogP contribution in [0.1, 0.15) is 11.3 Å². The van der Waals surface area contributed by atoms with Gasteiger partial charge < -0.3 is 0 Å². The highest BCUT2D eigenvalue weighted by molar-refractivity contribution is 7.90. The average molecular weight is 415 g/mol. The van der Waals surface area contributed by atoms with E-state index in [1.165, 1.54) is 28.9 Å². The summed E-state index contributed by atoms with van der Waals surface area (Å²) in [5.74, 6) is 0. The lowest BCUT2D eigenvalue weighted by Crippen LogP contribution is -2.09. The smallest absolute Gasteiger partial charge is 0.260 e. The molecule has 0 aliphatic rings. The third-order valence-corrected chi connectivity index (χ3v) is 5.27. The fraction of sp³-hybridized carbons (Fsp3) is 0.167. The molecule has 142 valence electrons. The van der Waals surface area contributed by atoms with Gasteiger partial charge in [-0.15, -0.1) is 0 Å². The molecule has 3 aromatic rings. The Balaban J connectivity index is 2.05. The van der Waals surface area contributed by atoms with Gasteiger partial charge in [0.25, 0.3) is 0 Å². The third kappa shape index (κ3) is 4.51. The predicted octanol–water partition coefficient (Wildman–Crippen LogP) is 4.67. The largest absolute Gasteiger partial charge is 0.435 e. The van der Waals surface area contributed by atoms with Crippen LogP contribution in [0, 0.1) is 0 Å². The first-order valence-corrected chi connectivity index (χ1v) is 10.0. The molecule has 0 amide bonds. The topological polar surface area (TPSA) is 52.0 Å². The highest BCUT2D eigenvalue weighted by Gasteiger charge is 2.35. The first kappa shape index (κ1) is 19.4. The fourth-order valence-corrected chi connectivity index (χ4v) is 3.30. The monoisotopic (exact) mass is 414 g/mol. The minimum absolute atomic E-state index is 0.0889. The van der Waals surface area contributed by atoms with Crippen LogP contribution in [0.3, 0.4) is 0 Å². The molecule has 27 heavy (non-hydrogen) atoms. The normalized spacial score (nSPS) is 12.3. The van der Waals surface area contributed by atoms with Crippen LogP contribution in [0.2, 0.25) is 5.02 Å². The number of aromatic nitrogens is 2. The number of hydrogen-bond acceptors (Lipinski definition) is 3. The van der Waals surface area contributed by atoms with Crippen LogP contribution in [-0.4, -0.2) is 24.5 Å². The lowest BCUT2D eigenvalue weighted by atomic mass is 10.1. The summed E-state index contributed by atoms with van der Waals surface area (Å²) in [5, 5.41) is 4.21. The van der Waals surface area contributed by atoms with Crippen LogP contribution in [-0.2, 0) is 22.6 Å². The molecule has 3 rings (SSSR count). The van der Waals surface area contributed by atoms with Gasteiger partial charge in [0.15, 0.2) is 15.5 Å². The minimum Gasteiger partial charge on any atom is -0.260 e. The van der Waals surface area contributed by atoms with E-state index in [1.54, 1.807) is 24.3 Å². The van der Waals surface area contributed by atoms with E-state index in [0.29, 0.717) is 10.6 Å². The lowest BCUT2D eigenvalue weighted by Gasteiger charge is -2.09. The van der Waals surface area contributed by atoms with Gasteiger partial charge in [-0.3, -0.25) is 4.68 Å². The standard InChI is InChI=1S/C18H14ClF3N2O2S/c1-27(25,26)15-8-4-13(5-9-15)16-10-17(18(20,21)22)23-24(16)11-12-2-6-14(19)7-3-12/h2-10H,11H2,1H3. The molecular formula is C18H14ClF3N2O2S. The molecule has 0 fully saturated rings. The minimum atomic E-state index is -4.59. The van der Waals surface area contributed by atoms with E-state index in [2.05, 4.69) is 5.10 Å². The SMILES string of the molecule is CS(=O)(=O)c1ccc(-c2cc(C(F)(F)F)nn2Cc2ccc(Cl)cc2)cc1. The van der Waals surface area contributed by atoms with Gasteiger partial charge >= 0.3 is 6.18 Å². The molecule has 2 aromatic carbocycles.